The Balaban J connectivity index is 2.59. The van der Waals surface area contributed by atoms with Gasteiger partial charge < -0.3 is 4.74 Å². The molecular weight excluding hydrogens is 260 g/mol. The summed E-state index contributed by atoms with van der Waals surface area (Å²) < 4.78 is 30.6. The number of carbonyl (C=O) groups is 2. The fourth-order valence-corrected chi connectivity index (χ4v) is 1.05. The van der Waals surface area contributed by atoms with Gasteiger partial charge in [0.2, 0.25) is 0 Å². The van der Waals surface area contributed by atoms with E-state index in [9.17, 15) is 18.4 Å². The quantitative estimate of drug-likeness (QED) is 0.760. The van der Waals surface area contributed by atoms with Crippen LogP contribution in [0.3, 0.4) is 0 Å². The monoisotopic (exact) mass is 273 g/mol. The van der Waals surface area contributed by atoms with Gasteiger partial charge in [-0.3, -0.25) is 10.2 Å². The molecule has 0 unspecified atom stereocenters. The van der Waals surface area contributed by atoms with E-state index in [1.54, 1.807) is 20.8 Å². The largest absolute Gasteiger partial charge is 0.443 e. The van der Waals surface area contributed by atoms with Crippen LogP contribution < -0.4 is 10.9 Å². The fourth-order valence-electron chi connectivity index (χ4n) is 1.05. The second kappa shape index (κ2) is 5.59. The van der Waals surface area contributed by atoms with Crippen molar-refractivity contribution in [1.82, 2.24) is 15.8 Å². The lowest BCUT2D eigenvalue weighted by Gasteiger charge is -2.19. The lowest BCUT2D eigenvalue weighted by molar-refractivity contribution is 0.0482. The van der Waals surface area contributed by atoms with Gasteiger partial charge in [0.15, 0.2) is 11.5 Å². The first-order chi connectivity index (χ1) is 8.69. The predicted octanol–water partition coefficient (Wildman–Crippen LogP) is 1.53. The molecule has 1 aromatic rings. The number of nitrogens with one attached hydrogen (secondary N) is 2. The van der Waals surface area contributed by atoms with Crippen molar-refractivity contribution in [3.05, 3.63) is 29.6 Å². The molecule has 0 saturated carbocycles. The van der Waals surface area contributed by atoms with E-state index >= 15 is 0 Å². The lowest BCUT2D eigenvalue weighted by atomic mass is 10.2. The van der Waals surface area contributed by atoms with Gasteiger partial charge in [-0.05, 0) is 20.8 Å². The number of amides is 2. The van der Waals surface area contributed by atoms with Crippen LogP contribution in [0.2, 0.25) is 0 Å². The third-order valence-corrected chi connectivity index (χ3v) is 1.70. The van der Waals surface area contributed by atoms with Gasteiger partial charge in [-0.2, -0.15) is 0 Å². The number of nitrogens with zero attached hydrogens (tertiary/aromatic N) is 1. The Morgan fingerprint density at radius 2 is 1.89 bits per heavy atom. The molecule has 104 valence electrons. The molecule has 0 aliphatic carbocycles. The molecular formula is C11H13F2N3O3. The summed E-state index contributed by atoms with van der Waals surface area (Å²) in [4.78, 5) is 25.9. The molecule has 0 bridgehead atoms. The molecule has 0 saturated heterocycles. The molecule has 1 rings (SSSR count). The Bertz CT molecular complexity index is 500. The van der Waals surface area contributed by atoms with Crippen LogP contribution in [0.15, 0.2) is 12.3 Å². The van der Waals surface area contributed by atoms with Crippen molar-refractivity contribution in [2.45, 2.75) is 26.4 Å². The first-order valence-electron chi connectivity index (χ1n) is 5.29. The zero-order chi connectivity index (χ0) is 14.6. The van der Waals surface area contributed by atoms with Gasteiger partial charge in [-0.15, -0.1) is 0 Å². The fraction of sp³-hybridized carbons (Fsp3) is 0.364. The van der Waals surface area contributed by atoms with Crippen LogP contribution in [0.25, 0.3) is 0 Å². The van der Waals surface area contributed by atoms with Crippen molar-refractivity contribution in [1.29, 1.82) is 0 Å². The molecule has 0 fully saturated rings. The zero-order valence-corrected chi connectivity index (χ0v) is 10.6. The Morgan fingerprint density at radius 1 is 1.26 bits per heavy atom. The predicted molar refractivity (Wildman–Crippen MR) is 61.0 cm³/mol. The summed E-state index contributed by atoms with van der Waals surface area (Å²) in [7, 11) is 0. The summed E-state index contributed by atoms with van der Waals surface area (Å²) >= 11 is 0. The van der Waals surface area contributed by atoms with Crippen LogP contribution in [-0.4, -0.2) is 22.6 Å². The number of rotatable bonds is 1. The third-order valence-electron chi connectivity index (χ3n) is 1.70. The van der Waals surface area contributed by atoms with Gasteiger partial charge in [0.25, 0.3) is 5.91 Å². The van der Waals surface area contributed by atoms with E-state index in [4.69, 9.17) is 4.74 Å². The molecule has 0 radical (unpaired) electrons. The first-order valence-corrected chi connectivity index (χ1v) is 5.29. The molecule has 8 heteroatoms. The lowest BCUT2D eigenvalue weighted by Crippen LogP contribution is -2.44. The van der Waals surface area contributed by atoms with Crippen LogP contribution in [0, 0.1) is 11.6 Å². The maximum atomic E-state index is 13.2. The van der Waals surface area contributed by atoms with Crippen molar-refractivity contribution < 1.29 is 23.1 Å². The Hall–Kier alpha value is -2.25. The molecule has 2 N–H and O–H groups in total. The van der Waals surface area contributed by atoms with Crippen LogP contribution in [0.1, 0.15) is 31.3 Å². The molecule has 1 aromatic heterocycles. The van der Waals surface area contributed by atoms with Crippen molar-refractivity contribution in [2.75, 3.05) is 0 Å². The number of aromatic nitrogens is 1. The second-order valence-corrected chi connectivity index (χ2v) is 4.56. The summed E-state index contributed by atoms with van der Waals surface area (Å²) in [6, 6.07) is 0.509. The summed E-state index contributed by atoms with van der Waals surface area (Å²) in [5, 5.41) is 0. The zero-order valence-electron chi connectivity index (χ0n) is 10.6. The van der Waals surface area contributed by atoms with E-state index in [0.29, 0.717) is 12.3 Å². The van der Waals surface area contributed by atoms with Gasteiger partial charge in [0, 0.05) is 6.07 Å². The number of carbonyl (C=O) groups excluding carboxylic acids is 2. The highest BCUT2D eigenvalue weighted by molar-refractivity contribution is 5.93. The summed E-state index contributed by atoms with van der Waals surface area (Å²) in [6.45, 7) is 4.90. The second-order valence-electron chi connectivity index (χ2n) is 4.56. The van der Waals surface area contributed by atoms with Crippen LogP contribution >= 0.6 is 0 Å². The number of hydrogen-bond acceptors (Lipinski definition) is 4. The standard InChI is InChI=1S/C11H13F2N3O3/c1-11(2,3)19-10(18)16-15-9(17)8-7(13)4-6(12)5-14-8/h4-5H,1-3H3,(H,15,17)(H,16,18). The van der Waals surface area contributed by atoms with E-state index < -0.39 is 34.9 Å². The van der Waals surface area contributed by atoms with Gasteiger partial charge in [0.1, 0.15) is 11.4 Å². The Morgan fingerprint density at radius 3 is 2.42 bits per heavy atom. The van der Waals surface area contributed by atoms with E-state index in [1.807, 2.05) is 10.9 Å². The average Bonchev–Trinajstić information content (AvgIpc) is 2.23. The van der Waals surface area contributed by atoms with Gasteiger partial charge >= 0.3 is 6.09 Å². The minimum absolute atomic E-state index is 0.509. The summed E-state index contributed by atoms with van der Waals surface area (Å²) in [5.74, 6) is -3.07. The molecule has 0 aromatic carbocycles. The molecule has 19 heavy (non-hydrogen) atoms. The number of halogens is 2. The van der Waals surface area contributed by atoms with E-state index in [-0.39, 0.29) is 0 Å². The number of hydrogen-bond donors (Lipinski definition) is 2. The van der Waals surface area contributed by atoms with Crippen molar-refractivity contribution in [2.24, 2.45) is 0 Å². The van der Waals surface area contributed by atoms with Crippen molar-refractivity contribution in [3.8, 4) is 0 Å². The number of hydrazine groups is 1. The average molecular weight is 273 g/mol. The molecule has 0 spiro atoms. The van der Waals surface area contributed by atoms with E-state index in [1.165, 1.54) is 0 Å². The summed E-state index contributed by atoms with van der Waals surface area (Å²) in [6.07, 6.45) is -0.228. The topological polar surface area (TPSA) is 80.3 Å². The molecule has 1 heterocycles. The first kappa shape index (κ1) is 14.8. The Kier molecular flexibility index (Phi) is 4.36. The molecule has 6 nitrogen and oxygen atoms in total. The normalized spacial score (nSPS) is 10.8. The summed E-state index contributed by atoms with van der Waals surface area (Å²) in [5.41, 5.74) is 2.43. The maximum absolute atomic E-state index is 13.2. The number of ether oxygens (including phenoxy) is 1. The van der Waals surface area contributed by atoms with Gasteiger partial charge in [-0.1, -0.05) is 0 Å². The van der Waals surface area contributed by atoms with Crippen molar-refractivity contribution >= 4 is 12.0 Å². The smallest absolute Gasteiger partial charge is 0.426 e. The molecule has 0 aliphatic rings. The highest BCUT2D eigenvalue weighted by atomic mass is 19.1. The highest BCUT2D eigenvalue weighted by Crippen LogP contribution is 2.07. The molecule has 2 amide bonds. The Labute approximate surface area is 108 Å². The minimum Gasteiger partial charge on any atom is -0.443 e. The van der Waals surface area contributed by atoms with Crippen LogP contribution in [-0.2, 0) is 4.74 Å². The van der Waals surface area contributed by atoms with Crippen LogP contribution in [0.5, 0.6) is 0 Å². The molecule has 0 atom stereocenters. The van der Waals surface area contributed by atoms with Gasteiger partial charge in [0.05, 0.1) is 6.20 Å². The highest BCUT2D eigenvalue weighted by Gasteiger charge is 2.18. The maximum Gasteiger partial charge on any atom is 0.426 e. The molecule has 0 aliphatic heterocycles. The minimum atomic E-state index is -1.14. The van der Waals surface area contributed by atoms with Crippen LogP contribution in [0.4, 0.5) is 13.6 Å². The van der Waals surface area contributed by atoms with E-state index in [2.05, 4.69) is 4.98 Å². The van der Waals surface area contributed by atoms with E-state index in [0.717, 1.165) is 0 Å². The van der Waals surface area contributed by atoms with Gasteiger partial charge in [-0.25, -0.2) is 24.0 Å². The SMILES string of the molecule is CC(C)(C)OC(=O)NNC(=O)c1ncc(F)cc1F. The third kappa shape index (κ3) is 4.86. The van der Waals surface area contributed by atoms with Crippen molar-refractivity contribution in [3.63, 3.8) is 0 Å². The number of pyridine rings is 1.